The molecule has 0 radical (unpaired) electrons. The van der Waals surface area contributed by atoms with E-state index in [4.69, 9.17) is 0 Å². The summed E-state index contributed by atoms with van der Waals surface area (Å²) in [5.41, 5.74) is 6.01. The summed E-state index contributed by atoms with van der Waals surface area (Å²) in [6.45, 7) is 1.97. The normalized spacial score (nSPS) is 16.1. The molecule has 1 heterocycles. The lowest BCUT2D eigenvalue weighted by Gasteiger charge is -2.25. The third-order valence-corrected chi connectivity index (χ3v) is 8.23. The van der Waals surface area contributed by atoms with Gasteiger partial charge in [0.2, 0.25) is 5.91 Å². The zero-order valence-electron chi connectivity index (χ0n) is 18.9. The molecule has 0 N–H and O–H groups in total. The van der Waals surface area contributed by atoms with E-state index in [-0.39, 0.29) is 23.8 Å². The second-order valence-electron chi connectivity index (χ2n) is 8.66. The fourth-order valence-electron chi connectivity index (χ4n) is 4.55. The van der Waals surface area contributed by atoms with Crippen LogP contribution in [0.25, 0.3) is 11.1 Å². The first kappa shape index (κ1) is 22.1. The molecule has 1 atom stereocenters. The number of aryl methyl sites for hydroxylation is 1. The molecule has 1 amide bonds. The minimum Gasteiger partial charge on any atom is -0.273 e. The molecule has 1 aliphatic rings. The fourth-order valence-corrected chi connectivity index (χ4v) is 5.96. The van der Waals surface area contributed by atoms with Crippen LogP contribution in [0.15, 0.2) is 108 Å². The van der Waals surface area contributed by atoms with Gasteiger partial charge in [0.05, 0.1) is 11.3 Å². The maximum Gasteiger partial charge on any atom is 0.266 e. The van der Waals surface area contributed by atoms with Crippen LogP contribution in [-0.4, -0.2) is 25.2 Å². The van der Waals surface area contributed by atoms with E-state index in [1.54, 1.807) is 24.3 Å². The highest BCUT2D eigenvalue weighted by molar-refractivity contribution is 7.89. The van der Waals surface area contributed by atoms with Crippen LogP contribution in [-0.2, 0) is 21.2 Å². The molecule has 4 nitrogen and oxygen atoms in total. The van der Waals surface area contributed by atoms with Crippen LogP contribution >= 0.6 is 0 Å². The van der Waals surface area contributed by atoms with Crippen molar-refractivity contribution in [3.8, 4) is 11.1 Å². The molecule has 0 aliphatic carbocycles. The lowest BCUT2D eigenvalue weighted by molar-refractivity contribution is -0.125. The van der Waals surface area contributed by atoms with Crippen molar-refractivity contribution in [2.75, 3.05) is 6.54 Å². The van der Waals surface area contributed by atoms with E-state index in [1.807, 2.05) is 61.5 Å². The lowest BCUT2D eigenvalue weighted by Crippen LogP contribution is -2.39. The van der Waals surface area contributed by atoms with Crippen molar-refractivity contribution in [3.05, 3.63) is 125 Å². The Kier molecular flexibility index (Phi) is 5.80. The Bertz CT molecular complexity index is 1430. The molecule has 1 aliphatic heterocycles. The molecule has 170 valence electrons. The summed E-state index contributed by atoms with van der Waals surface area (Å²) >= 11 is 0. The Hall–Kier alpha value is -3.70. The summed E-state index contributed by atoms with van der Waals surface area (Å²) in [6.07, 6.45) is 0.0554. The van der Waals surface area contributed by atoms with Crippen LogP contribution in [0.3, 0.4) is 0 Å². The average Bonchev–Trinajstić information content (AvgIpc) is 3.01. The molecule has 0 spiro atoms. The topological polar surface area (TPSA) is 54.5 Å². The summed E-state index contributed by atoms with van der Waals surface area (Å²) in [5.74, 6) is -0.663. The number of rotatable bonds is 4. The zero-order chi connectivity index (χ0) is 23.7. The molecule has 4 aromatic rings. The van der Waals surface area contributed by atoms with E-state index in [0.717, 1.165) is 37.7 Å². The molecule has 1 unspecified atom stereocenters. The summed E-state index contributed by atoms with van der Waals surface area (Å²) in [5, 5.41) is 0. The van der Waals surface area contributed by atoms with Crippen molar-refractivity contribution in [1.29, 1.82) is 0 Å². The Morgan fingerprint density at radius 3 is 2.06 bits per heavy atom. The molecule has 5 heteroatoms. The van der Waals surface area contributed by atoms with Gasteiger partial charge >= 0.3 is 0 Å². The number of hydrogen-bond acceptors (Lipinski definition) is 3. The van der Waals surface area contributed by atoms with E-state index < -0.39 is 15.9 Å². The maximum atomic E-state index is 13.5. The van der Waals surface area contributed by atoms with Crippen molar-refractivity contribution in [1.82, 2.24) is 4.31 Å². The van der Waals surface area contributed by atoms with Crippen LogP contribution in [0.2, 0.25) is 0 Å². The first-order valence-corrected chi connectivity index (χ1v) is 12.7. The highest BCUT2D eigenvalue weighted by Crippen LogP contribution is 2.35. The van der Waals surface area contributed by atoms with Gasteiger partial charge in [0, 0.05) is 12.5 Å². The van der Waals surface area contributed by atoms with Gasteiger partial charge in [0.15, 0.2) is 0 Å². The third-order valence-electron chi connectivity index (χ3n) is 6.43. The van der Waals surface area contributed by atoms with Crippen molar-refractivity contribution < 1.29 is 13.2 Å². The van der Waals surface area contributed by atoms with Gasteiger partial charge < -0.3 is 0 Å². The van der Waals surface area contributed by atoms with Crippen LogP contribution in [0.1, 0.15) is 28.2 Å². The molecule has 0 saturated carbocycles. The third kappa shape index (κ3) is 4.15. The SMILES string of the molecule is Cc1ccc(S(=O)(=O)N2CC(c3ccc(-c4ccccc4)cc3)c3ccccc3CC2=O)cc1. The number of sulfonamides is 1. The van der Waals surface area contributed by atoms with Gasteiger partial charge in [-0.2, -0.15) is 0 Å². The van der Waals surface area contributed by atoms with Crippen molar-refractivity contribution in [2.24, 2.45) is 0 Å². The number of hydrogen-bond donors (Lipinski definition) is 0. The summed E-state index contributed by atoms with van der Waals surface area (Å²) in [4.78, 5) is 13.4. The van der Waals surface area contributed by atoms with Gasteiger partial charge in [-0.05, 0) is 46.9 Å². The lowest BCUT2D eigenvalue weighted by atomic mass is 9.87. The predicted molar refractivity (Wildman–Crippen MR) is 134 cm³/mol. The minimum atomic E-state index is -3.98. The number of fused-ring (bicyclic) bond motifs is 1. The minimum absolute atomic E-state index is 0.0554. The molecule has 0 bridgehead atoms. The molecule has 5 rings (SSSR count). The Morgan fingerprint density at radius 1 is 0.735 bits per heavy atom. The monoisotopic (exact) mass is 467 g/mol. The largest absolute Gasteiger partial charge is 0.273 e. The smallest absolute Gasteiger partial charge is 0.266 e. The average molecular weight is 468 g/mol. The van der Waals surface area contributed by atoms with Crippen LogP contribution in [0, 0.1) is 6.92 Å². The quantitative estimate of drug-likeness (QED) is 0.394. The molecular formula is C29H25NO3S. The van der Waals surface area contributed by atoms with E-state index in [0.29, 0.717) is 0 Å². The fraction of sp³-hybridized carbons (Fsp3) is 0.138. The maximum absolute atomic E-state index is 13.5. The number of carbonyl (C=O) groups is 1. The molecule has 0 saturated heterocycles. The number of benzene rings is 4. The first-order chi connectivity index (χ1) is 16.4. The van der Waals surface area contributed by atoms with Gasteiger partial charge in [-0.15, -0.1) is 0 Å². The predicted octanol–water partition coefficient (Wildman–Crippen LogP) is 5.57. The van der Waals surface area contributed by atoms with Crippen LogP contribution in [0.5, 0.6) is 0 Å². The number of carbonyl (C=O) groups excluding carboxylic acids is 1. The standard InChI is InChI=1S/C29H25NO3S/c1-21-11-17-26(18-12-21)34(32,33)30-20-28(27-10-6-5-9-25(27)19-29(30)31)24-15-13-23(14-16-24)22-7-3-2-4-8-22/h2-18,28H,19-20H2,1H3. The Labute approximate surface area is 200 Å². The Balaban J connectivity index is 1.56. The highest BCUT2D eigenvalue weighted by Gasteiger charge is 2.36. The molecule has 34 heavy (non-hydrogen) atoms. The molecule has 4 aromatic carbocycles. The van der Waals surface area contributed by atoms with Crippen molar-refractivity contribution in [3.63, 3.8) is 0 Å². The molecular weight excluding hydrogens is 442 g/mol. The second kappa shape index (κ2) is 8.92. The molecule has 0 fully saturated rings. The van der Waals surface area contributed by atoms with Gasteiger partial charge in [0.1, 0.15) is 0 Å². The van der Waals surface area contributed by atoms with Crippen molar-refractivity contribution >= 4 is 15.9 Å². The second-order valence-corrected chi connectivity index (χ2v) is 10.5. The van der Waals surface area contributed by atoms with Crippen LogP contribution < -0.4 is 0 Å². The zero-order valence-corrected chi connectivity index (χ0v) is 19.7. The van der Waals surface area contributed by atoms with Crippen molar-refractivity contribution in [2.45, 2.75) is 24.2 Å². The van der Waals surface area contributed by atoms with Gasteiger partial charge in [-0.1, -0.05) is 96.6 Å². The van der Waals surface area contributed by atoms with E-state index in [1.165, 1.54) is 0 Å². The summed E-state index contributed by atoms with van der Waals surface area (Å²) < 4.78 is 28.1. The number of amides is 1. The van der Waals surface area contributed by atoms with Gasteiger partial charge in [0.25, 0.3) is 10.0 Å². The number of nitrogens with zero attached hydrogens (tertiary/aromatic N) is 1. The van der Waals surface area contributed by atoms with Gasteiger partial charge in [-0.25, -0.2) is 12.7 Å². The summed E-state index contributed by atoms with van der Waals surface area (Å²) in [6, 6.07) is 32.7. The molecule has 0 aromatic heterocycles. The van der Waals surface area contributed by atoms with E-state index in [9.17, 15) is 13.2 Å². The van der Waals surface area contributed by atoms with E-state index in [2.05, 4.69) is 24.3 Å². The van der Waals surface area contributed by atoms with E-state index >= 15 is 0 Å². The van der Waals surface area contributed by atoms with Crippen LogP contribution in [0.4, 0.5) is 0 Å². The summed E-state index contributed by atoms with van der Waals surface area (Å²) in [7, 11) is -3.98. The Morgan fingerprint density at radius 2 is 1.35 bits per heavy atom. The first-order valence-electron chi connectivity index (χ1n) is 11.3. The van der Waals surface area contributed by atoms with Gasteiger partial charge in [-0.3, -0.25) is 4.79 Å². The highest BCUT2D eigenvalue weighted by atomic mass is 32.2.